The van der Waals surface area contributed by atoms with Gasteiger partial charge in [-0.05, 0) is 25.1 Å². The summed E-state index contributed by atoms with van der Waals surface area (Å²) < 4.78 is 32.4. The number of benzene rings is 2. The van der Waals surface area contributed by atoms with Crippen LogP contribution in [0.5, 0.6) is 5.75 Å². The highest BCUT2D eigenvalue weighted by Gasteiger charge is 2.21. The number of aromatic nitrogens is 2. The number of amides is 1. The first-order valence-electron chi connectivity index (χ1n) is 8.22. The Morgan fingerprint density at radius 2 is 1.93 bits per heavy atom. The molecule has 0 saturated heterocycles. The monoisotopic (exact) mass is 418 g/mol. The second-order valence-corrected chi connectivity index (χ2v) is 8.75. The van der Waals surface area contributed by atoms with Crippen LogP contribution in [0, 0.1) is 6.92 Å². The van der Waals surface area contributed by atoms with Crippen LogP contribution in [0.15, 0.2) is 52.9 Å². The van der Waals surface area contributed by atoms with Gasteiger partial charge in [0, 0.05) is 17.7 Å². The van der Waals surface area contributed by atoms with Gasteiger partial charge in [0.1, 0.15) is 5.75 Å². The summed E-state index contributed by atoms with van der Waals surface area (Å²) in [4.78, 5) is 12.3. The third-order valence-electron chi connectivity index (χ3n) is 3.78. The van der Waals surface area contributed by atoms with Gasteiger partial charge < -0.3 is 4.74 Å². The van der Waals surface area contributed by atoms with E-state index in [-0.39, 0.29) is 21.9 Å². The minimum Gasteiger partial charge on any atom is -0.496 e. The molecule has 0 aliphatic rings. The van der Waals surface area contributed by atoms with Gasteiger partial charge in [-0.3, -0.25) is 10.1 Å². The van der Waals surface area contributed by atoms with Gasteiger partial charge in [0.2, 0.25) is 9.47 Å². The van der Waals surface area contributed by atoms with Gasteiger partial charge in [0.15, 0.2) is 0 Å². The second kappa shape index (κ2) is 8.46. The number of anilines is 1. The zero-order valence-electron chi connectivity index (χ0n) is 15.2. The minimum absolute atomic E-state index is 0.0386. The molecule has 0 saturated carbocycles. The molecule has 3 rings (SSSR count). The van der Waals surface area contributed by atoms with E-state index in [1.165, 1.54) is 7.11 Å². The first kappa shape index (κ1) is 19.9. The van der Waals surface area contributed by atoms with E-state index in [1.54, 1.807) is 42.5 Å². The lowest BCUT2D eigenvalue weighted by Gasteiger charge is -2.08. The SMILES string of the molecule is COc1ccccc1CNS(=O)(=O)c1nnc(NC(=O)c2cccc(C)c2)s1. The highest BCUT2D eigenvalue weighted by atomic mass is 32.2. The van der Waals surface area contributed by atoms with Crippen LogP contribution in [0.25, 0.3) is 0 Å². The van der Waals surface area contributed by atoms with Gasteiger partial charge in [0.05, 0.1) is 7.11 Å². The molecule has 8 nitrogen and oxygen atoms in total. The Balaban J connectivity index is 1.69. The number of rotatable bonds is 7. The van der Waals surface area contributed by atoms with Gasteiger partial charge >= 0.3 is 0 Å². The first-order valence-corrected chi connectivity index (χ1v) is 10.5. The van der Waals surface area contributed by atoms with Crippen LogP contribution in [0.3, 0.4) is 0 Å². The van der Waals surface area contributed by atoms with Crippen molar-refractivity contribution in [3.05, 3.63) is 65.2 Å². The number of hydrogen-bond donors (Lipinski definition) is 2. The number of carbonyl (C=O) groups excluding carboxylic acids is 1. The lowest BCUT2D eigenvalue weighted by Crippen LogP contribution is -2.23. The van der Waals surface area contributed by atoms with Crippen molar-refractivity contribution in [1.29, 1.82) is 0 Å². The number of para-hydroxylation sites is 1. The first-order chi connectivity index (χ1) is 13.4. The van der Waals surface area contributed by atoms with Crippen LogP contribution >= 0.6 is 11.3 Å². The van der Waals surface area contributed by atoms with E-state index >= 15 is 0 Å². The fourth-order valence-electron chi connectivity index (χ4n) is 2.41. The smallest absolute Gasteiger partial charge is 0.270 e. The minimum atomic E-state index is -3.88. The topological polar surface area (TPSA) is 110 Å². The predicted octanol–water partition coefficient (Wildman–Crippen LogP) is 2.59. The Labute approximate surface area is 166 Å². The maximum Gasteiger partial charge on any atom is 0.270 e. The van der Waals surface area contributed by atoms with Crippen molar-refractivity contribution < 1.29 is 17.9 Å². The maximum atomic E-state index is 12.5. The van der Waals surface area contributed by atoms with Crippen LogP contribution < -0.4 is 14.8 Å². The summed E-state index contributed by atoms with van der Waals surface area (Å²) in [7, 11) is -2.37. The number of aryl methyl sites for hydroxylation is 1. The lowest BCUT2D eigenvalue weighted by atomic mass is 10.1. The molecule has 1 aromatic heterocycles. The normalized spacial score (nSPS) is 11.2. The molecule has 146 valence electrons. The highest BCUT2D eigenvalue weighted by Crippen LogP contribution is 2.22. The summed E-state index contributed by atoms with van der Waals surface area (Å²) >= 11 is 0.776. The number of hydrogen-bond acceptors (Lipinski definition) is 7. The zero-order valence-corrected chi connectivity index (χ0v) is 16.8. The summed E-state index contributed by atoms with van der Waals surface area (Å²) in [5.41, 5.74) is 2.08. The van der Waals surface area contributed by atoms with Gasteiger partial charge in [0.25, 0.3) is 15.9 Å². The maximum absolute atomic E-state index is 12.5. The van der Waals surface area contributed by atoms with Gasteiger partial charge in [-0.15, -0.1) is 10.2 Å². The molecule has 3 aromatic rings. The standard InChI is InChI=1S/C18H18N4O4S2/c1-12-6-5-8-13(10-12)16(23)20-17-21-22-18(27-17)28(24,25)19-11-14-7-3-4-9-15(14)26-2/h3-10,19H,11H2,1-2H3,(H,20,21,23). The van der Waals surface area contributed by atoms with Crippen molar-refractivity contribution in [2.24, 2.45) is 0 Å². The number of sulfonamides is 1. The van der Waals surface area contributed by atoms with Crippen molar-refractivity contribution in [2.45, 2.75) is 17.8 Å². The molecule has 0 fully saturated rings. The van der Waals surface area contributed by atoms with Crippen LogP contribution in [0.2, 0.25) is 0 Å². The fraction of sp³-hybridized carbons (Fsp3) is 0.167. The summed E-state index contributed by atoms with van der Waals surface area (Å²) in [6.07, 6.45) is 0. The molecular formula is C18H18N4O4S2. The van der Waals surface area contributed by atoms with Gasteiger partial charge in [-0.25, -0.2) is 13.1 Å². The Morgan fingerprint density at radius 1 is 1.14 bits per heavy atom. The Morgan fingerprint density at radius 3 is 2.68 bits per heavy atom. The number of carbonyl (C=O) groups is 1. The van der Waals surface area contributed by atoms with Crippen molar-refractivity contribution in [1.82, 2.24) is 14.9 Å². The molecule has 0 aliphatic heterocycles. The highest BCUT2D eigenvalue weighted by molar-refractivity contribution is 7.91. The number of ether oxygens (including phenoxy) is 1. The lowest BCUT2D eigenvalue weighted by molar-refractivity contribution is 0.102. The average molecular weight is 419 g/mol. The molecule has 0 atom stereocenters. The molecule has 0 bridgehead atoms. The Kier molecular flexibility index (Phi) is 6.02. The molecule has 0 aliphatic carbocycles. The van der Waals surface area contributed by atoms with Crippen LogP contribution in [0.4, 0.5) is 5.13 Å². The van der Waals surface area contributed by atoms with E-state index < -0.39 is 10.0 Å². The van der Waals surface area contributed by atoms with E-state index in [4.69, 9.17) is 4.74 Å². The average Bonchev–Trinajstić information content (AvgIpc) is 3.16. The fourth-order valence-corrected chi connectivity index (χ4v) is 4.35. The number of nitrogens with zero attached hydrogens (tertiary/aromatic N) is 2. The summed E-state index contributed by atoms with van der Waals surface area (Å²) in [5.74, 6) is 0.194. The molecule has 0 radical (unpaired) electrons. The van der Waals surface area contributed by atoms with Crippen molar-refractivity contribution >= 4 is 32.4 Å². The zero-order chi connectivity index (χ0) is 20.1. The Bertz CT molecular complexity index is 1100. The van der Waals surface area contributed by atoms with Crippen molar-refractivity contribution in [3.8, 4) is 5.75 Å². The van der Waals surface area contributed by atoms with Crippen molar-refractivity contribution in [3.63, 3.8) is 0 Å². The summed E-state index contributed by atoms with van der Waals surface area (Å²) in [5, 5.41) is 10.1. The molecular weight excluding hydrogens is 400 g/mol. The van der Waals surface area contributed by atoms with E-state index in [9.17, 15) is 13.2 Å². The van der Waals surface area contributed by atoms with E-state index in [0.29, 0.717) is 16.9 Å². The molecule has 1 amide bonds. The van der Waals surface area contributed by atoms with Crippen LogP contribution in [-0.2, 0) is 16.6 Å². The van der Waals surface area contributed by atoms with Gasteiger partial charge in [-0.2, -0.15) is 0 Å². The Hall–Kier alpha value is -2.82. The van der Waals surface area contributed by atoms with E-state index in [2.05, 4.69) is 20.2 Å². The molecule has 1 heterocycles. The summed E-state index contributed by atoms with van der Waals surface area (Å²) in [6.45, 7) is 1.91. The third-order valence-corrected chi connectivity index (χ3v) is 6.39. The molecule has 10 heteroatoms. The third kappa shape index (κ3) is 4.71. The summed E-state index contributed by atoms with van der Waals surface area (Å²) in [6, 6.07) is 14.1. The molecule has 2 aromatic carbocycles. The quantitative estimate of drug-likeness (QED) is 0.571. The number of nitrogens with one attached hydrogen (secondary N) is 2. The van der Waals surface area contributed by atoms with E-state index in [1.807, 2.05) is 13.0 Å². The van der Waals surface area contributed by atoms with Crippen molar-refractivity contribution in [2.75, 3.05) is 12.4 Å². The molecule has 2 N–H and O–H groups in total. The largest absolute Gasteiger partial charge is 0.496 e. The molecule has 0 spiro atoms. The van der Waals surface area contributed by atoms with E-state index in [0.717, 1.165) is 16.9 Å². The predicted molar refractivity (Wildman–Crippen MR) is 106 cm³/mol. The van der Waals surface area contributed by atoms with Crippen LogP contribution in [-0.4, -0.2) is 31.6 Å². The number of methoxy groups -OCH3 is 1. The second-order valence-electron chi connectivity index (χ2n) is 5.83. The molecule has 28 heavy (non-hydrogen) atoms. The molecule has 0 unspecified atom stereocenters. The van der Waals surface area contributed by atoms with Crippen LogP contribution in [0.1, 0.15) is 21.5 Å². The van der Waals surface area contributed by atoms with Gasteiger partial charge in [-0.1, -0.05) is 47.2 Å².